The zero-order valence-electron chi connectivity index (χ0n) is 9.51. The molecule has 0 unspecified atom stereocenters. The summed E-state index contributed by atoms with van der Waals surface area (Å²) in [5.41, 5.74) is 0.0502. The van der Waals surface area contributed by atoms with Gasteiger partial charge in [-0.2, -0.15) is 0 Å². The first-order chi connectivity index (χ1) is 8.59. The number of carboxylic acid groups (broad SMARTS) is 1. The van der Waals surface area contributed by atoms with Gasteiger partial charge in [0.05, 0.1) is 0 Å². The van der Waals surface area contributed by atoms with Crippen molar-refractivity contribution >= 4 is 5.97 Å². The number of halogens is 1. The first kappa shape index (κ1) is 12.1. The van der Waals surface area contributed by atoms with Crippen LogP contribution in [0.2, 0.25) is 0 Å². The summed E-state index contributed by atoms with van der Waals surface area (Å²) >= 11 is 0. The van der Waals surface area contributed by atoms with Gasteiger partial charge in [0.1, 0.15) is 35.2 Å². The van der Waals surface area contributed by atoms with Crippen molar-refractivity contribution in [2.24, 2.45) is 0 Å². The molecule has 0 amide bonds. The van der Waals surface area contributed by atoms with E-state index in [9.17, 15) is 9.18 Å². The van der Waals surface area contributed by atoms with Crippen LogP contribution in [-0.2, 0) is 6.61 Å². The number of carboxylic acids is 1. The van der Waals surface area contributed by atoms with Crippen molar-refractivity contribution < 1.29 is 23.4 Å². The molecule has 0 fully saturated rings. The van der Waals surface area contributed by atoms with Crippen molar-refractivity contribution in [3.63, 3.8) is 0 Å². The lowest BCUT2D eigenvalue weighted by Gasteiger charge is -2.08. The zero-order chi connectivity index (χ0) is 13.1. The maximum Gasteiger partial charge on any atom is 0.342 e. The Morgan fingerprint density at radius 3 is 2.94 bits per heavy atom. The number of nitrogens with zero attached hydrogens (tertiary/aromatic N) is 1. The lowest BCUT2D eigenvalue weighted by Crippen LogP contribution is -2.06. The Bertz CT molecular complexity index is 579. The average Bonchev–Trinajstić information content (AvgIpc) is 2.71. The van der Waals surface area contributed by atoms with Crippen molar-refractivity contribution in [3.05, 3.63) is 47.4 Å². The Kier molecular flexibility index (Phi) is 3.27. The Morgan fingerprint density at radius 2 is 2.33 bits per heavy atom. The van der Waals surface area contributed by atoms with Gasteiger partial charge in [-0.3, -0.25) is 0 Å². The molecule has 0 aliphatic rings. The fraction of sp³-hybridized carbons (Fsp3) is 0.167. The second-order valence-electron chi connectivity index (χ2n) is 3.56. The number of carbonyl (C=O) groups is 1. The normalized spacial score (nSPS) is 10.3. The van der Waals surface area contributed by atoms with E-state index in [2.05, 4.69) is 4.98 Å². The van der Waals surface area contributed by atoms with Gasteiger partial charge in [0.2, 0.25) is 0 Å². The highest BCUT2D eigenvalue weighted by Gasteiger charge is 2.17. The molecule has 18 heavy (non-hydrogen) atoms. The van der Waals surface area contributed by atoms with Crippen molar-refractivity contribution in [1.82, 2.24) is 4.98 Å². The largest absolute Gasteiger partial charge is 0.486 e. The minimum atomic E-state index is -1.38. The van der Waals surface area contributed by atoms with Crippen molar-refractivity contribution in [2.45, 2.75) is 13.5 Å². The molecule has 5 nitrogen and oxygen atoms in total. The molecule has 0 saturated heterocycles. The van der Waals surface area contributed by atoms with Crippen LogP contribution in [-0.4, -0.2) is 16.1 Å². The molecule has 0 atom stereocenters. The number of aromatic carboxylic acids is 1. The average molecular weight is 251 g/mol. The molecule has 2 aromatic rings. The van der Waals surface area contributed by atoms with E-state index in [1.165, 1.54) is 18.5 Å². The maximum atomic E-state index is 13.4. The minimum Gasteiger partial charge on any atom is -0.486 e. The smallest absolute Gasteiger partial charge is 0.342 e. The number of rotatable bonds is 4. The third-order valence-electron chi connectivity index (χ3n) is 2.40. The summed E-state index contributed by atoms with van der Waals surface area (Å²) in [7, 11) is 0. The van der Waals surface area contributed by atoms with Crippen LogP contribution in [0.25, 0.3) is 0 Å². The van der Waals surface area contributed by atoms with Crippen LogP contribution < -0.4 is 4.74 Å². The highest BCUT2D eigenvalue weighted by molar-refractivity contribution is 5.91. The van der Waals surface area contributed by atoms with Crippen molar-refractivity contribution in [2.75, 3.05) is 0 Å². The standard InChI is InChI=1S/C12H10FNO4/c1-7-9(14-6-18-7)5-17-10-4-2-3-8(13)11(10)12(15)16/h2-4,6H,5H2,1H3,(H,15,16). The van der Waals surface area contributed by atoms with Crippen molar-refractivity contribution in [3.8, 4) is 5.75 Å². The summed E-state index contributed by atoms with van der Waals surface area (Å²) in [5, 5.41) is 8.90. The number of hydrogen-bond acceptors (Lipinski definition) is 4. The Balaban J connectivity index is 2.22. The number of oxazole rings is 1. The summed E-state index contributed by atoms with van der Waals surface area (Å²) in [6.07, 6.45) is 1.26. The van der Waals surface area contributed by atoms with Crippen molar-refractivity contribution in [1.29, 1.82) is 0 Å². The molecule has 2 rings (SSSR count). The number of ether oxygens (including phenoxy) is 1. The summed E-state index contributed by atoms with van der Waals surface area (Å²) < 4.78 is 23.6. The molecule has 1 heterocycles. The number of aryl methyl sites for hydroxylation is 1. The van der Waals surface area contributed by atoms with E-state index in [0.717, 1.165) is 6.07 Å². The number of benzene rings is 1. The SMILES string of the molecule is Cc1ocnc1COc1cccc(F)c1C(=O)O. The van der Waals surface area contributed by atoms with Gasteiger partial charge < -0.3 is 14.3 Å². The van der Waals surface area contributed by atoms with Gasteiger partial charge in [-0.1, -0.05) is 6.07 Å². The third kappa shape index (κ3) is 2.32. The van der Waals surface area contributed by atoms with E-state index in [-0.39, 0.29) is 12.4 Å². The van der Waals surface area contributed by atoms with Gasteiger partial charge in [-0.05, 0) is 19.1 Å². The molecule has 6 heteroatoms. The van der Waals surface area contributed by atoms with Gasteiger partial charge in [0, 0.05) is 0 Å². The van der Waals surface area contributed by atoms with Gasteiger partial charge in [-0.25, -0.2) is 14.2 Å². The van der Waals surface area contributed by atoms with Gasteiger partial charge in [0.25, 0.3) is 0 Å². The molecular formula is C12H10FNO4. The lowest BCUT2D eigenvalue weighted by molar-refractivity contribution is 0.0686. The van der Waals surface area contributed by atoms with E-state index in [1.807, 2.05) is 0 Å². The molecule has 1 N–H and O–H groups in total. The van der Waals surface area contributed by atoms with Crippen LogP contribution in [0, 0.1) is 12.7 Å². The number of aromatic nitrogens is 1. The van der Waals surface area contributed by atoms with E-state index in [0.29, 0.717) is 11.5 Å². The van der Waals surface area contributed by atoms with Crippen LogP contribution in [0.1, 0.15) is 21.8 Å². The van der Waals surface area contributed by atoms with Crippen LogP contribution in [0.4, 0.5) is 4.39 Å². The van der Waals surface area contributed by atoms with E-state index in [1.54, 1.807) is 6.92 Å². The topological polar surface area (TPSA) is 72.6 Å². The van der Waals surface area contributed by atoms with Crippen LogP contribution in [0.15, 0.2) is 29.0 Å². The first-order valence-corrected chi connectivity index (χ1v) is 5.13. The molecule has 1 aromatic carbocycles. The fourth-order valence-electron chi connectivity index (χ4n) is 1.45. The monoisotopic (exact) mass is 251 g/mol. The predicted octanol–water partition coefficient (Wildman–Crippen LogP) is 2.40. The molecule has 0 aliphatic carbocycles. The molecule has 0 saturated carbocycles. The highest BCUT2D eigenvalue weighted by atomic mass is 19.1. The first-order valence-electron chi connectivity index (χ1n) is 5.13. The van der Waals surface area contributed by atoms with E-state index in [4.69, 9.17) is 14.3 Å². The summed E-state index contributed by atoms with van der Waals surface area (Å²) in [6, 6.07) is 3.84. The minimum absolute atomic E-state index is 0.0199. The van der Waals surface area contributed by atoms with Crippen LogP contribution >= 0.6 is 0 Å². The Morgan fingerprint density at radius 1 is 1.56 bits per heavy atom. The molecule has 0 aliphatic heterocycles. The third-order valence-corrected chi connectivity index (χ3v) is 2.40. The summed E-state index contributed by atoms with van der Waals surface area (Å²) in [4.78, 5) is 14.8. The highest BCUT2D eigenvalue weighted by Crippen LogP contribution is 2.22. The van der Waals surface area contributed by atoms with E-state index >= 15 is 0 Å². The van der Waals surface area contributed by atoms with E-state index < -0.39 is 17.3 Å². The Hall–Kier alpha value is -2.37. The summed E-state index contributed by atoms with van der Waals surface area (Å²) in [6.45, 7) is 1.72. The molecule has 0 radical (unpaired) electrons. The second kappa shape index (κ2) is 4.87. The quantitative estimate of drug-likeness (QED) is 0.903. The van der Waals surface area contributed by atoms with Gasteiger partial charge in [0.15, 0.2) is 6.39 Å². The molecule has 0 bridgehead atoms. The van der Waals surface area contributed by atoms with Crippen LogP contribution in [0.5, 0.6) is 5.75 Å². The second-order valence-corrected chi connectivity index (χ2v) is 3.56. The lowest BCUT2D eigenvalue weighted by atomic mass is 10.2. The van der Waals surface area contributed by atoms with Gasteiger partial charge >= 0.3 is 5.97 Å². The molecule has 0 spiro atoms. The predicted molar refractivity (Wildman–Crippen MR) is 58.9 cm³/mol. The van der Waals surface area contributed by atoms with Crippen LogP contribution in [0.3, 0.4) is 0 Å². The Labute approximate surface area is 102 Å². The molecular weight excluding hydrogens is 241 g/mol. The molecule has 1 aromatic heterocycles. The van der Waals surface area contributed by atoms with Gasteiger partial charge in [-0.15, -0.1) is 0 Å². The summed E-state index contributed by atoms with van der Waals surface area (Å²) in [5.74, 6) is -1.68. The fourth-order valence-corrected chi connectivity index (χ4v) is 1.45. The number of hydrogen-bond donors (Lipinski definition) is 1. The molecule has 94 valence electrons. The maximum absolute atomic E-state index is 13.4. The zero-order valence-corrected chi connectivity index (χ0v) is 9.51.